The third-order valence-corrected chi connectivity index (χ3v) is 6.46. The summed E-state index contributed by atoms with van der Waals surface area (Å²) in [5, 5.41) is -1.04. The number of sulfonamides is 1. The normalized spacial score (nSPS) is 30.5. The third-order valence-electron chi connectivity index (χ3n) is 4.26. The van der Waals surface area contributed by atoms with Gasteiger partial charge < -0.3 is 16.2 Å². The van der Waals surface area contributed by atoms with Crippen LogP contribution in [0.3, 0.4) is 0 Å². The molecular formula is C13H17FN4O3S. The maximum absolute atomic E-state index is 14.4. The summed E-state index contributed by atoms with van der Waals surface area (Å²) < 4.78 is 45.9. The average Bonchev–Trinajstić information content (AvgIpc) is 2.48. The van der Waals surface area contributed by atoms with E-state index in [-0.39, 0.29) is 31.2 Å². The lowest BCUT2D eigenvalue weighted by atomic mass is 9.82. The maximum atomic E-state index is 14.4. The van der Waals surface area contributed by atoms with Gasteiger partial charge in [0.2, 0.25) is 16.0 Å². The molecule has 0 aliphatic carbocycles. The Morgan fingerprint density at radius 3 is 2.91 bits per heavy atom. The van der Waals surface area contributed by atoms with Gasteiger partial charge in [0.1, 0.15) is 16.6 Å². The molecular weight excluding hydrogens is 311 g/mol. The molecule has 1 fully saturated rings. The van der Waals surface area contributed by atoms with Crippen molar-refractivity contribution in [3.8, 4) is 0 Å². The van der Waals surface area contributed by atoms with Crippen molar-refractivity contribution in [3.63, 3.8) is 0 Å². The number of halogens is 1. The van der Waals surface area contributed by atoms with Gasteiger partial charge in [-0.15, -0.1) is 0 Å². The van der Waals surface area contributed by atoms with E-state index in [1.807, 2.05) is 0 Å². The van der Waals surface area contributed by atoms with Crippen molar-refractivity contribution in [2.24, 2.45) is 10.7 Å². The summed E-state index contributed by atoms with van der Waals surface area (Å²) in [5.74, 6) is -0.725. The number of rotatable bonds is 1. The molecule has 4 N–H and O–H groups in total. The molecule has 9 heteroatoms. The van der Waals surface area contributed by atoms with E-state index in [9.17, 15) is 12.8 Å². The third kappa shape index (κ3) is 1.96. The highest BCUT2D eigenvalue weighted by Gasteiger charge is 2.55. The predicted molar refractivity (Wildman–Crippen MR) is 80.0 cm³/mol. The summed E-state index contributed by atoms with van der Waals surface area (Å²) >= 11 is 0. The van der Waals surface area contributed by atoms with Crippen LogP contribution in [0.15, 0.2) is 23.2 Å². The number of anilines is 1. The fourth-order valence-corrected chi connectivity index (χ4v) is 4.76. The first-order valence-electron chi connectivity index (χ1n) is 6.75. The minimum Gasteiger partial charge on any atom is -0.399 e. The van der Waals surface area contributed by atoms with Gasteiger partial charge in [-0.1, -0.05) is 0 Å². The van der Waals surface area contributed by atoms with E-state index < -0.39 is 26.6 Å². The first-order valence-corrected chi connectivity index (χ1v) is 8.26. The first kappa shape index (κ1) is 15.0. The molecule has 0 bridgehead atoms. The van der Waals surface area contributed by atoms with Gasteiger partial charge >= 0.3 is 0 Å². The van der Waals surface area contributed by atoms with Crippen molar-refractivity contribution >= 4 is 21.7 Å². The van der Waals surface area contributed by atoms with E-state index in [0.717, 1.165) is 4.31 Å². The van der Waals surface area contributed by atoms with E-state index in [0.29, 0.717) is 5.69 Å². The van der Waals surface area contributed by atoms with E-state index in [1.54, 1.807) is 0 Å². The minimum atomic E-state index is -3.80. The van der Waals surface area contributed by atoms with Gasteiger partial charge in [0, 0.05) is 31.3 Å². The lowest BCUT2D eigenvalue weighted by Gasteiger charge is -2.45. The van der Waals surface area contributed by atoms with E-state index >= 15 is 0 Å². The SMILES string of the molecule is CN1C(N)=NC2(c3cc(N)ccc3F)CCOCC2S1(=O)=O. The summed E-state index contributed by atoms with van der Waals surface area (Å²) in [6.45, 7) is 0.193. The zero-order chi connectivity index (χ0) is 16.1. The van der Waals surface area contributed by atoms with Gasteiger partial charge in [0.25, 0.3) is 0 Å². The van der Waals surface area contributed by atoms with Crippen LogP contribution in [0.1, 0.15) is 12.0 Å². The number of nitrogens with two attached hydrogens (primary N) is 2. The Balaban J connectivity index is 2.30. The highest BCUT2D eigenvalue weighted by atomic mass is 32.2. The number of nitrogen functional groups attached to an aromatic ring is 1. The van der Waals surface area contributed by atoms with E-state index in [2.05, 4.69) is 4.99 Å². The predicted octanol–water partition coefficient (Wildman–Crippen LogP) is -0.0180. The van der Waals surface area contributed by atoms with Crippen molar-refractivity contribution < 1.29 is 17.5 Å². The molecule has 1 saturated heterocycles. The second-order valence-corrected chi connectivity index (χ2v) is 7.61. The van der Waals surface area contributed by atoms with E-state index in [1.165, 1.54) is 25.2 Å². The van der Waals surface area contributed by atoms with Gasteiger partial charge in [-0.2, -0.15) is 0 Å². The van der Waals surface area contributed by atoms with Crippen molar-refractivity contribution in [1.82, 2.24) is 4.31 Å². The Labute approximate surface area is 127 Å². The lowest BCUT2D eigenvalue weighted by molar-refractivity contribution is 0.0521. The number of nitrogens with zero attached hydrogens (tertiary/aromatic N) is 2. The number of hydrogen-bond donors (Lipinski definition) is 2. The van der Waals surface area contributed by atoms with Crippen LogP contribution in [0.25, 0.3) is 0 Å². The fraction of sp³-hybridized carbons (Fsp3) is 0.462. The molecule has 1 aromatic rings. The largest absolute Gasteiger partial charge is 0.399 e. The highest BCUT2D eigenvalue weighted by Crippen LogP contribution is 2.44. The molecule has 1 aromatic carbocycles. The van der Waals surface area contributed by atoms with Gasteiger partial charge in [0.05, 0.1) is 6.61 Å². The maximum Gasteiger partial charge on any atom is 0.245 e. The van der Waals surface area contributed by atoms with Crippen LogP contribution in [-0.2, 0) is 20.3 Å². The summed E-state index contributed by atoms with van der Waals surface area (Å²) in [6, 6.07) is 4.05. The van der Waals surface area contributed by atoms with Crippen LogP contribution in [0.4, 0.5) is 10.1 Å². The summed E-state index contributed by atoms with van der Waals surface area (Å²) in [6.07, 6.45) is 0.214. The van der Waals surface area contributed by atoms with Crippen molar-refractivity contribution in [1.29, 1.82) is 0 Å². The molecule has 2 heterocycles. The summed E-state index contributed by atoms with van der Waals surface area (Å²) in [5.41, 5.74) is 10.7. The lowest BCUT2D eigenvalue weighted by Crippen LogP contribution is -2.61. The number of aliphatic imine (C=N–C) groups is 1. The van der Waals surface area contributed by atoms with Crippen LogP contribution < -0.4 is 11.5 Å². The van der Waals surface area contributed by atoms with Gasteiger partial charge in [-0.25, -0.2) is 22.1 Å². The second-order valence-electron chi connectivity index (χ2n) is 5.46. The molecule has 2 unspecified atom stereocenters. The molecule has 22 heavy (non-hydrogen) atoms. The first-order chi connectivity index (χ1) is 10.3. The highest BCUT2D eigenvalue weighted by molar-refractivity contribution is 7.90. The molecule has 0 aromatic heterocycles. The van der Waals surface area contributed by atoms with Crippen LogP contribution >= 0.6 is 0 Å². The molecule has 120 valence electrons. The quantitative estimate of drug-likeness (QED) is 0.704. The average molecular weight is 328 g/mol. The van der Waals surface area contributed by atoms with Crippen LogP contribution in [0.2, 0.25) is 0 Å². The topological polar surface area (TPSA) is 111 Å². The van der Waals surface area contributed by atoms with E-state index in [4.69, 9.17) is 16.2 Å². The Hall–Kier alpha value is -1.87. The van der Waals surface area contributed by atoms with Gasteiger partial charge in [-0.05, 0) is 18.2 Å². The molecule has 0 amide bonds. The number of guanidine groups is 1. The molecule has 0 spiro atoms. The number of benzene rings is 1. The smallest absolute Gasteiger partial charge is 0.245 e. The molecule has 0 radical (unpaired) electrons. The van der Waals surface area contributed by atoms with Crippen LogP contribution in [-0.4, -0.2) is 44.2 Å². The van der Waals surface area contributed by atoms with Crippen LogP contribution in [0.5, 0.6) is 0 Å². The number of ether oxygens (including phenoxy) is 1. The Bertz CT molecular complexity index is 752. The molecule has 7 nitrogen and oxygen atoms in total. The Morgan fingerprint density at radius 2 is 2.18 bits per heavy atom. The molecule has 2 aliphatic rings. The Kier molecular flexibility index (Phi) is 3.29. The number of fused-ring (bicyclic) bond motifs is 1. The van der Waals surface area contributed by atoms with Crippen molar-refractivity contribution in [2.45, 2.75) is 17.2 Å². The zero-order valence-electron chi connectivity index (χ0n) is 12.0. The van der Waals surface area contributed by atoms with Gasteiger partial charge in [0.15, 0.2) is 0 Å². The summed E-state index contributed by atoms with van der Waals surface area (Å²) in [4.78, 5) is 4.35. The number of hydrogen-bond acceptors (Lipinski definition) is 6. The van der Waals surface area contributed by atoms with Crippen molar-refractivity contribution in [2.75, 3.05) is 26.0 Å². The molecule has 2 aliphatic heterocycles. The molecule has 0 saturated carbocycles. The zero-order valence-corrected chi connectivity index (χ0v) is 12.8. The van der Waals surface area contributed by atoms with Crippen LogP contribution in [0, 0.1) is 5.82 Å². The second kappa shape index (κ2) is 4.82. The Morgan fingerprint density at radius 1 is 1.45 bits per heavy atom. The fourth-order valence-electron chi connectivity index (χ4n) is 3.02. The molecule has 3 rings (SSSR count). The minimum absolute atomic E-state index is 0.0717. The standard InChI is InChI=1S/C13H17FN4O3S/c1-18-12(16)17-13(9-6-8(15)2-3-10(9)14)4-5-21-7-11(13)22(18,19)20/h2-3,6,11H,4-5,7,15H2,1H3,(H2,16,17). The van der Waals surface area contributed by atoms with Crippen molar-refractivity contribution in [3.05, 3.63) is 29.6 Å². The van der Waals surface area contributed by atoms with Gasteiger partial charge in [-0.3, -0.25) is 0 Å². The summed E-state index contributed by atoms with van der Waals surface area (Å²) in [7, 11) is -2.48. The molecule has 2 atom stereocenters. The monoisotopic (exact) mass is 328 g/mol.